The Labute approximate surface area is 184 Å². The molecule has 11 heteroatoms. The average Bonchev–Trinajstić information content (AvgIpc) is 3.28. The van der Waals surface area contributed by atoms with Gasteiger partial charge in [-0.05, 0) is 48.5 Å². The molecule has 3 aromatic rings. The number of carbonyl (C=O) groups is 3. The Morgan fingerprint density at radius 2 is 1.69 bits per heavy atom. The van der Waals surface area contributed by atoms with Crippen molar-refractivity contribution in [3.05, 3.63) is 82.8 Å². The minimum absolute atomic E-state index is 0.0579. The van der Waals surface area contributed by atoms with E-state index in [1.54, 1.807) is 6.07 Å². The fraction of sp³-hybridized carbons (Fsp3) is 0.0952. The summed E-state index contributed by atoms with van der Waals surface area (Å²) in [6, 6.07) is 11.6. The van der Waals surface area contributed by atoms with E-state index in [0.717, 1.165) is 12.1 Å². The monoisotopic (exact) mass is 466 g/mol. The number of amides is 2. The topological polar surface area (TPSA) is 97.6 Å². The highest BCUT2D eigenvalue weighted by Gasteiger charge is 2.34. The lowest BCUT2D eigenvalue weighted by atomic mass is 10.1. The molecular formula is C21H14ClF3N2O5. The van der Waals surface area contributed by atoms with Gasteiger partial charge in [0.25, 0.3) is 11.8 Å². The SMILES string of the molecule is O=C(COC(=O)c1ccc(NC(=O)c2ccco2)cc1)Nc1c(Cl)cccc1C(F)(F)F. The molecule has 0 aliphatic heterocycles. The van der Waals surface area contributed by atoms with Crippen LogP contribution in [0.4, 0.5) is 24.5 Å². The summed E-state index contributed by atoms with van der Waals surface area (Å²) in [5, 5.41) is 4.26. The standard InChI is InChI=1S/C21H14ClF3N2O5/c22-15-4-1-3-14(21(23,24)25)18(15)27-17(28)11-32-20(30)12-6-8-13(9-7-12)26-19(29)16-5-2-10-31-16/h1-10H,11H2,(H,26,29)(H,27,28). The van der Waals surface area contributed by atoms with E-state index in [1.165, 1.54) is 42.7 Å². The van der Waals surface area contributed by atoms with Crippen LogP contribution in [0.5, 0.6) is 0 Å². The second-order valence-corrected chi connectivity index (χ2v) is 6.70. The molecule has 0 saturated heterocycles. The minimum atomic E-state index is -4.74. The molecule has 1 aromatic heterocycles. The van der Waals surface area contributed by atoms with Gasteiger partial charge in [-0.2, -0.15) is 13.2 Å². The highest BCUT2D eigenvalue weighted by molar-refractivity contribution is 6.34. The molecule has 0 aliphatic carbocycles. The molecule has 7 nitrogen and oxygen atoms in total. The molecule has 0 spiro atoms. The molecule has 3 rings (SSSR count). The summed E-state index contributed by atoms with van der Waals surface area (Å²) in [7, 11) is 0. The Morgan fingerprint density at radius 1 is 0.969 bits per heavy atom. The molecule has 2 N–H and O–H groups in total. The highest BCUT2D eigenvalue weighted by atomic mass is 35.5. The van der Waals surface area contributed by atoms with Crippen LogP contribution in [0.2, 0.25) is 5.02 Å². The van der Waals surface area contributed by atoms with Crippen molar-refractivity contribution in [3.63, 3.8) is 0 Å². The Kier molecular flexibility index (Phi) is 6.84. The first-order chi connectivity index (χ1) is 15.1. The van der Waals surface area contributed by atoms with Gasteiger partial charge in [0.1, 0.15) is 0 Å². The molecular weight excluding hydrogens is 453 g/mol. The molecule has 0 radical (unpaired) electrons. The van der Waals surface area contributed by atoms with E-state index < -0.39 is 41.8 Å². The number of nitrogens with one attached hydrogen (secondary N) is 2. The summed E-state index contributed by atoms with van der Waals surface area (Å²) in [6.07, 6.45) is -3.39. The number of carbonyl (C=O) groups excluding carboxylic acids is 3. The number of rotatable bonds is 6. The van der Waals surface area contributed by atoms with Crippen molar-refractivity contribution in [1.29, 1.82) is 0 Å². The minimum Gasteiger partial charge on any atom is -0.459 e. The second kappa shape index (κ2) is 9.56. The third-order valence-electron chi connectivity index (χ3n) is 4.04. The van der Waals surface area contributed by atoms with Gasteiger partial charge in [0.05, 0.1) is 28.1 Å². The lowest BCUT2D eigenvalue weighted by molar-refractivity contribution is -0.137. The number of anilines is 2. The van der Waals surface area contributed by atoms with Gasteiger partial charge in [-0.3, -0.25) is 9.59 Å². The van der Waals surface area contributed by atoms with Crippen molar-refractivity contribution in [1.82, 2.24) is 0 Å². The Hall–Kier alpha value is -3.79. The van der Waals surface area contributed by atoms with Crippen molar-refractivity contribution in [3.8, 4) is 0 Å². The fourth-order valence-corrected chi connectivity index (χ4v) is 2.79. The summed E-state index contributed by atoms with van der Waals surface area (Å²) in [5.74, 6) is -2.27. The van der Waals surface area contributed by atoms with Crippen molar-refractivity contribution < 1.29 is 36.7 Å². The van der Waals surface area contributed by atoms with Crippen molar-refractivity contribution in [2.45, 2.75) is 6.18 Å². The van der Waals surface area contributed by atoms with E-state index in [-0.39, 0.29) is 16.3 Å². The van der Waals surface area contributed by atoms with Gasteiger partial charge in [0.15, 0.2) is 12.4 Å². The quantitative estimate of drug-likeness (QED) is 0.498. The number of halogens is 4. The van der Waals surface area contributed by atoms with Gasteiger partial charge < -0.3 is 19.8 Å². The maximum absolute atomic E-state index is 13.1. The van der Waals surface area contributed by atoms with Gasteiger partial charge in [0, 0.05) is 5.69 Å². The van der Waals surface area contributed by atoms with E-state index in [2.05, 4.69) is 5.32 Å². The largest absolute Gasteiger partial charge is 0.459 e. The number of benzene rings is 2. The maximum Gasteiger partial charge on any atom is 0.418 e. The van der Waals surface area contributed by atoms with Crippen LogP contribution < -0.4 is 10.6 Å². The van der Waals surface area contributed by atoms with Crippen LogP contribution in [0.1, 0.15) is 26.5 Å². The van der Waals surface area contributed by atoms with Crippen molar-refractivity contribution in [2.75, 3.05) is 17.2 Å². The van der Waals surface area contributed by atoms with E-state index in [4.69, 9.17) is 20.8 Å². The van der Waals surface area contributed by atoms with Crippen LogP contribution in [0, 0.1) is 0 Å². The third kappa shape index (κ3) is 5.67. The van der Waals surface area contributed by atoms with Gasteiger partial charge in [-0.25, -0.2) is 4.79 Å². The number of esters is 1. The predicted octanol–water partition coefficient (Wildman–Crippen LogP) is 5.00. The molecule has 0 fully saturated rings. The molecule has 0 bridgehead atoms. The van der Waals surface area contributed by atoms with Gasteiger partial charge in [0.2, 0.25) is 0 Å². The lowest BCUT2D eigenvalue weighted by Crippen LogP contribution is -2.23. The number of ether oxygens (including phenoxy) is 1. The molecule has 32 heavy (non-hydrogen) atoms. The summed E-state index contributed by atoms with van der Waals surface area (Å²) in [5.41, 5.74) is -1.32. The van der Waals surface area contributed by atoms with E-state index in [0.29, 0.717) is 5.69 Å². The Morgan fingerprint density at radius 3 is 2.31 bits per heavy atom. The third-order valence-corrected chi connectivity index (χ3v) is 4.36. The van der Waals surface area contributed by atoms with Gasteiger partial charge >= 0.3 is 12.1 Å². The number of alkyl halides is 3. The molecule has 2 amide bonds. The van der Waals surface area contributed by atoms with Crippen LogP contribution in [-0.2, 0) is 15.7 Å². The zero-order valence-corrected chi connectivity index (χ0v) is 16.8. The van der Waals surface area contributed by atoms with Crippen molar-refractivity contribution in [2.24, 2.45) is 0 Å². The maximum atomic E-state index is 13.1. The van der Waals surface area contributed by atoms with Gasteiger partial charge in [-0.15, -0.1) is 0 Å². The highest BCUT2D eigenvalue weighted by Crippen LogP contribution is 2.38. The number of furan rings is 1. The van der Waals surface area contributed by atoms with E-state index in [9.17, 15) is 27.6 Å². The smallest absolute Gasteiger partial charge is 0.418 e. The molecule has 1 heterocycles. The summed E-state index contributed by atoms with van der Waals surface area (Å²) in [6.45, 7) is -0.835. The Bertz CT molecular complexity index is 1130. The van der Waals surface area contributed by atoms with Crippen LogP contribution >= 0.6 is 11.6 Å². The first kappa shape index (κ1) is 22.9. The lowest BCUT2D eigenvalue weighted by Gasteiger charge is -2.15. The molecule has 0 unspecified atom stereocenters. The van der Waals surface area contributed by atoms with Crippen molar-refractivity contribution >= 4 is 40.8 Å². The molecule has 0 saturated carbocycles. The zero-order valence-electron chi connectivity index (χ0n) is 16.0. The van der Waals surface area contributed by atoms with E-state index in [1.807, 2.05) is 5.32 Å². The summed E-state index contributed by atoms with van der Waals surface area (Å²) < 4.78 is 49.0. The average molecular weight is 467 g/mol. The van der Waals surface area contributed by atoms with Gasteiger partial charge in [-0.1, -0.05) is 17.7 Å². The Balaban J connectivity index is 1.57. The predicted molar refractivity (Wildman–Crippen MR) is 108 cm³/mol. The second-order valence-electron chi connectivity index (χ2n) is 6.29. The fourth-order valence-electron chi connectivity index (χ4n) is 2.57. The number of hydrogen-bond acceptors (Lipinski definition) is 5. The molecule has 0 aliphatic rings. The van der Waals surface area contributed by atoms with E-state index >= 15 is 0 Å². The van der Waals surface area contributed by atoms with Crippen LogP contribution in [0.15, 0.2) is 65.3 Å². The number of hydrogen-bond donors (Lipinski definition) is 2. The molecule has 0 atom stereocenters. The first-order valence-corrected chi connectivity index (χ1v) is 9.30. The molecule has 166 valence electrons. The van der Waals surface area contributed by atoms with Crippen LogP contribution in [0.3, 0.4) is 0 Å². The molecule has 2 aromatic carbocycles. The number of para-hydroxylation sites is 1. The van der Waals surface area contributed by atoms with Crippen LogP contribution in [-0.4, -0.2) is 24.4 Å². The summed E-state index contributed by atoms with van der Waals surface area (Å²) in [4.78, 5) is 36.0. The zero-order chi connectivity index (χ0) is 23.3. The normalized spacial score (nSPS) is 11.0. The van der Waals surface area contributed by atoms with Crippen LogP contribution in [0.25, 0.3) is 0 Å². The summed E-state index contributed by atoms with van der Waals surface area (Å²) >= 11 is 5.76. The first-order valence-electron chi connectivity index (χ1n) is 8.93.